The molecule has 0 aliphatic carbocycles. The van der Waals surface area contributed by atoms with Crippen LogP contribution in [0, 0.1) is 0 Å². The van der Waals surface area contributed by atoms with Crippen molar-refractivity contribution in [1.29, 1.82) is 0 Å². The van der Waals surface area contributed by atoms with E-state index in [2.05, 4.69) is 48.3 Å². The summed E-state index contributed by atoms with van der Waals surface area (Å²) in [7, 11) is 0. The zero-order valence-electron chi connectivity index (χ0n) is 12.2. The lowest BCUT2D eigenvalue weighted by atomic mass is 9.98. The van der Waals surface area contributed by atoms with Gasteiger partial charge in [-0.25, -0.2) is 0 Å². The molecular weight excluding hydrogens is 234 g/mol. The molecule has 3 heteroatoms. The van der Waals surface area contributed by atoms with Gasteiger partial charge in [-0.2, -0.15) is 0 Å². The maximum atomic E-state index is 6.30. The Morgan fingerprint density at radius 3 is 2.26 bits per heavy atom. The van der Waals surface area contributed by atoms with Gasteiger partial charge in [-0.05, 0) is 23.5 Å². The molecule has 1 unspecified atom stereocenters. The Labute approximate surface area is 117 Å². The summed E-state index contributed by atoms with van der Waals surface area (Å²) in [5.74, 6) is 0.589. The van der Waals surface area contributed by atoms with E-state index < -0.39 is 0 Å². The summed E-state index contributed by atoms with van der Waals surface area (Å²) in [5, 5.41) is 3.38. The fourth-order valence-corrected chi connectivity index (χ4v) is 2.55. The third kappa shape index (κ3) is 4.30. The molecule has 1 aliphatic heterocycles. The Morgan fingerprint density at radius 1 is 1.11 bits per heavy atom. The van der Waals surface area contributed by atoms with Crippen molar-refractivity contribution in [1.82, 2.24) is 10.2 Å². The summed E-state index contributed by atoms with van der Waals surface area (Å²) in [6.07, 6.45) is 1.04. The summed E-state index contributed by atoms with van der Waals surface area (Å²) in [6.45, 7) is 10.1. The monoisotopic (exact) mass is 261 g/mol. The highest BCUT2D eigenvalue weighted by Gasteiger charge is 2.12. The molecule has 2 rings (SSSR count). The average molecular weight is 261 g/mol. The first-order chi connectivity index (χ1) is 9.16. The van der Waals surface area contributed by atoms with Gasteiger partial charge in [0, 0.05) is 38.8 Å². The van der Waals surface area contributed by atoms with Crippen LogP contribution in [0.25, 0.3) is 0 Å². The van der Waals surface area contributed by atoms with Gasteiger partial charge in [0.15, 0.2) is 0 Å². The number of hydrogen-bond acceptors (Lipinski definition) is 3. The van der Waals surface area contributed by atoms with E-state index in [1.165, 1.54) is 11.1 Å². The summed E-state index contributed by atoms with van der Waals surface area (Å²) < 4.78 is 0. The molecule has 1 heterocycles. The lowest BCUT2D eigenvalue weighted by Crippen LogP contribution is -2.44. The third-order valence-electron chi connectivity index (χ3n) is 4.00. The zero-order valence-corrected chi connectivity index (χ0v) is 12.2. The summed E-state index contributed by atoms with van der Waals surface area (Å²) >= 11 is 0. The predicted molar refractivity (Wildman–Crippen MR) is 81.4 cm³/mol. The third-order valence-corrected chi connectivity index (χ3v) is 4.00. The second-order valence-electron chi connectivity index (χ2n) is 5.81. The molecule has 0 spiro atoms. The smallest absolute Gasteiger partial charge is 0.0307 e. The van der Waals surface area contributed by atoms with Crippen LogP contribution in [0.15, 0.2) is 24.3 Å². The van der Waals surface area contributed by atoms with Crippen LogP contribution in [-0.4, -0.2) is 37.6 Å². The van der Waals surface area contributed by atoms with Gasteiger partial charge in [-0.15, -0.1) is 0 Å². The summed E-state index contributed by atoms with van der Waals surface area (Å²) in [5.41, 5.74) is 8.95. The first-order valence-corrected chi connectivity index (χ1v) is 7.45. The van der Waals surface area contributed by atoms with Gasteiger partial charge in [0.1, 0.15) is 0 Å². The van der Waals surface area contributed by atoms with E-state index in [0.29, 0.717) is 5.92 Å². The highest BCUT2D eigenvalue weighted by molar-refractivity contribution is 5.26. The van der Waals surface area contributed by atoms with Gasteiger partial charge in [-0.3, -0.25) is 0 Å². The number of nitrogens with two attached hydrogens (primary N) is 1. The number of benzene rings is 1. The van der Waals surface area contributed by atoms with E-state index in [9.17, 15) is 0 Å². The molecule has 0 radical (unpaired) electrons. The van der Waals surface area contributed by atoms with Crippen molar-refractivity contribution in [3.63, 3.8) is 0 Å². The van der Waals surface area contributed by atoms with E-state index in [-0.39, 0.29) is 6.04 Å². The number of nitrogens with zero attached hydrogens (tertiary/aromatic N) is 1. The van der Waals surface area contributed by atoms with Crippen LogP contribution >= 0.6 is 0 Å². The van der Waals surface area contributed by atoms with Crippen LogP contribution in [-0.2, 0) is 0 Å². The van der Waals surface area contributed by atoms with Crippen LogP contribution in [0.5, 0.6) is 0 Å². The zero-order chi connectivity index (χ0) is 13.7. The fraction of sp³-hybridized carbons (Fsp3) is 0.625. The Morgan fingerprint density at radius 2 is 1.68 bits per heavy atom. The van der Waals surface area contributed by atoms with Crippen molar-refractivity contribution >= 4 is 0 Å². The normalized spacial score (nSPS) is 18.7. The molecule has 1 aromatic rings. The van der Waals surface area contributed by atoms with Gasteiger partial charge < -0.3 is 16.0 Å². The van der Waals surface area contributed by atoms with Crippen molar-refractivity contribution in [2.45, 2.75) is 32.2 Å². The molecule has 19 heavy (non-hydrogen) atoms. The summed E-state index contributed by atoms with van der Waals surface area (Å²) in [4.78, 5) is 2.50. The van der Waals surface area contributed by atoms with E-state index in [4.69, 9.17) is 5.73 Å². The molecule has 1 aliphatic rings. The van der Waals surface area contributed by atoms with Gasteiger partial charge in [0.05, 0.1) is 0 Å². The Hall–Kier alpha value is -0.900. The van der Waals surface area contributed by atoms with Crippen molar-refractivity contribution in [2.75, 3.05) is 32.7 Å². The van der Waals surface area contributed by atoms with Crippen LogP contribution in [0.3, 0.4) is 0 Å². The molecule has 0 aromatic heterocycles. The molecule has 1 fully saturated rings. The van der Waals surface area contributed by atoms with Crippen molar-refractivity contribution in [2.24, 2.45) is 5.73 Å². The van der Waals surface area contributed by atoms with Crippen LogP contribution in [0.1, 0.15) is 43.4 Å². The highest BCUT2D eigenvalue weighted by Crippen LogP contribution is 2.19. The molecular formula is C16H27N3. The largest absolute Gasteiger partial charge is 0.324 e. The Kier molecular flexibility index (Phi) is 5.37. The average Bonchev–Trinajstić information content (AvgIpc) is 2.46. The molecule has 1 saturated heterocycles. The van der Waals surface area contributed by atoms with Gasteiger partial charge in [-0.1, -0.05) is 38.1 Å². The number of hydrogen-bond donors (Lipinski definition) is 2. The van der Waals surface area contributed by atoms with Crippen molar-refractivity contribution in [3.05, 3.63) is 35.4 Å². The molecule has 0 amide bonds. The van der Waals surface area contributed by atoms with E-state index in [1.807, 2.05) is 0 Å². The SMILES string of the molecule is CC(C)c1ccc(C(N)CCN2CCNCC2)cc1. The molecule has 1 aromatic carbocycles. The lowest BCUT2D eigenvalue weighted by Gasteiger charge is -2.28. The highest BCUT2D eigenvalue weighted by atomic mass is 15.2. The van der Waals surface area contributed by atoms with Crippen molar-refractivity contribution < 1.29 is 0 Å². The van der Waals surface area contributed by atoms with Gasteiger partial charge >= 0.3 is 0 Å². The van der Waals surface area contributed by atoms with Crippen LogP contribution in [0.4, 0.5) is 0 Å². The maximum Gasteiger partial charge on any atom is 0.0307 e. The minimum Gasteiger partial charge on any atom is -0.324 e. The van der Waals surface area contributed by atoms with Gasteiger partial charge in [0.25, 0.3) is 0 Å². The Balaban J connectivity index is 1.83. The van der Waals surface area contributed by atoms with Crippen LogP contribution < -0.4 is 11.1 Å². The van der Waals surface area contributed by atoms with E-state index >= 15 is 0 Å². The van der Waals surface area contributed by atoms with E-state index in [1.54, 1.807) is 0 Å². The molecule has 1 atom stereocenters. The minimum absolute atomic E-state index is 0.163. The predicted octanol–water partition coefficient (Wildman–Crippen LogP) is 2.11. The van der Waals surface area contributed by atoms with Gasteiger partial charge in [0.2, 0.25) is 0 Å². The second kappa shape index (κ2) is 7.04. The molecule has 106 valence electrons. The minimum atomic E-state index is 0.163. The number of rotatable bonds is 5. The topological polar surface area (TPSA) is 41.3 Å². The van der Waals surface area contributed by atoms with Crippen LogP contribution in [0.2, 0.25) is 0 Å². The number of nitrogens with one attached hydrogen (secondary N) is 1. The standard InChI is InChI=1S/C16H27N3/c1-13(2)14-3-5-15(6-4-14)16(17)7-10-19-11-8-18-9-12-19/h3-6,13,16,18H,7-12,17H2,1-2H3. The second-order valence-corrected chi connectivity index (χ2v) is 5.81. The van der Waals surface area contributed by atoms with Crippen molar-refractivity contribution in [3.8, 4) is 0 Å². The molecule has 0 saturated carbocycles. The first-order valence-electron chi connectivity index (χ1n) is 7.45. The first kappa shape index (κ1) is 14.5. The lowest BCUT2D eigenvalue weighted by molar-refractivity contribution is 0.233. The fourth-order valence-electron chi connectivity index (χ4n) is 2.55. The Bertz CT molecular complexity index is 366. The summed E-state index contributed by atoms with van der Waals surface area (Å²) in [6, 6.07) is 8.97. The molecule has 3 N–H and O–H groups in total. The van der Waals surface area contributed by atoms with E-state index in [0.717, 1.165) is 39.1 Å². The quantitative estimate of drug-likeness (QED) is 0.853. The molecule has 3 nitrogen and oxygen atoms in total. The number of piperazine rings is 1. The maximum absolute atomic E-state index is 6.30. The molecule has 0 bridgehead atoms.